The molecular formula is C7H12O7. The highest BCUT2D eigenvalue weighted by molar-refractivity contribution is 5.78. The molecule has 0 spiro atoms. The molecule has 7 nitrogen and oxygen atoms in total. The first-order chi connectivity index (χ1) is 6.30. The molecule has 7 heteroatoms. The summed E-state index contributed by atoms with van der Waals surface area (Å²) >= 11 is 0. The second kappa shape index (κ2) is 3.44. The standard InChI is InChI=1S/C7H12O7/c1-7(6(12)13)4(10)2(8)3(9)5(11)14-7/h2-5,8-11H,1H3,(H,12,13)/t2-,3-,4-,5+,7-/m0/s1. The molecule has 0 aromatic rings. The van der Waals surface area contributed by atoms with E-state index in [1.54, 1.807) is 0 Å². The molecular weight excluding hydrogens is 196 g/mol. The third-order valence-corrected chi connectivity index (χ3v) is 2.32. The SMILES string of the molecule is C[C@]1(C(=O)O)O[C@@H](O)[C@@H](O)[C@H](O)[C@@H]1O. The van der Waals surface area contributed by atoms with Gasteiger partial charge in [-0.1, -0.05) is 0 Å². The Morgan fingerprint density at radius 1 is 1.21 bits per heavy atom. The molecule has 1 saturated heterocycles. The van der Waals surface area contributed by atoms with Crippen LogP contribution in [0.2, 0.25) is 0 Å². The van der Waals surface area contributed by atoms with Crippen molar-refractivity contribution >= 4 is 5.97 Å². The Bertz CT molecular complexity index is 242. The Morgan fingerprint density at radius 3 is 2.14 bits per heavy atom. The van der Waals surface area contributed by atoms with Crippen LogP contribution in [0.4, 0.5) is 0 Å². The lowest BCUT2D eigenvalue weighted by Crippen LogP contribution is -2.66. The lowest BCUT2D eigenvalue weighted by molar-refractivity contribution is -0.310. The van der Waals surface area contributed by atoms with E-state index in [9.17, 15) is 15.0 Å². The third-order valence-electron chi connectivity index (χ3n) is 2.32. The van der Waals surface area contributed by atoms with Gasteiger partial charge in [0.05, 0.1) is 0 Å². The van der Waals surface area contributed by atoms with Gasteiger partial charge in [0.25, 0.3) is 0 Å². The first-order valence-electron chi connectivity index (χ1n) is 3.94. The fourth-order valence-electron chi connectivity index (χ4n) is 1.25. The number of carboxylic acids is 1. The molecule has 0 bridgehead atoms. The fraction of sp³-hybridized carbons (Fsp3) is 0.857. The Hall–Kier alpha value is -0.730. The number of hydrogen-bond donors (Lipinski definition) is 5. The maximum atomic E-state index is 10.7. The first kappa shape index (κ1) is 11.3. The molecule has 1 aliphatic rings. The lowest BCUT2D eigenvalue weighted by atomic mass is 9.88. The van der Waals surface area contributed by atoms with Gasteiger partial charge >= 0.3 is 5.97 Å². The van der Waals surface area contributed by atoms with Crippen LogP contribution in [0.15, 0.2) is 0 Å². The molecule has 82 valence electrons. The monoisotopic (exact) mass is 208 g/mol. The van der Waals surface area contributed by atoms with Gasteiger partial charge in [-0.2, -0.15) is 0 Å². The van der Waals surface area contributed by atoms with Crippen molar-refractivity contribution < 1.29 is 35.1 Å². The number of aliphatic carboxylic acids is 1. The Balaban J connectivity index is 2.96. The Kier molecular flexibility index (Phi) is 2.79. The predicted octanol–water partition coefficient (Wildman–Crippen LogP) is -2.74. The van der Waals surface area contributed by atoms with Crippen molar-refractivity contribution in [3.63, 3.8) is 0 Å². The van der Waals surface area contributed by atoms with Crippen LogP contribution in [0.25, 0.3) is 0 Å². The average molecular weight is 208 g/mol. The fourth-order valence-corrected chi connectivity index (χ4v) is 1.25. The Labute approximate surface area is 79.2 Å². The molecule has 1 fully saturated rings. The van der Waals surface area contributed by atoms with Crippen LogP contribution in [-0.4, -0.2) is 61.7 Å². The van der Waals surface area contributed by atoms with E-state index >= 15 is 0 Å². The van der Waals surface area contributed by atoms with Crippen LogP contribution in [0, 0.1) is 0 Å². The van der Waals surface area contributed by atoms with E-state index in [-0.39, 0.29) is 0 Å². The summed E-state index contributed by atoms with van der Waals surface area (Å²) < 4.78 is 4.53. The highest BCUT2D eigenvalue weighted by atomic mass is 16.7. The minimum atomic E-state index is -2.13. The van der Waals surface area contributed by atoms with Crippen molar-refractivity contribution in [3.8, 4) is 0 Å². The number of carbonyl (C=O) groups is 1. The highest BCUT2D eigenvalue weighted by Crippen LogP contribution is 2.28. The summed E-state index contributed by atoms with van der Waals surface area (Å²) in [5.41, 5.74) is -2.13. The van der Waals surface area contributed by atoms with E-state index < -0.39 is 36.2 Å². The van der Waals surface area contributed by atoms with Gasteiger partial charge in [0, 0.05) is 0 Å². The van der Waals surface area contributed by atoms with E-state index in [1.807, 2.05) is 0 Å². The summed E-state index contributed by atoms with van der Waals surface area (Å²) in [6, 6.07) is 0. The van der Waals surface area contributed by atoms with Crippen LogP contribution in [0.1, 0.15) is 6.92 Å². The number of aliphatic hydroxyl groups excluding tert-OH is 4. The van der Waals surface area contributed by atoms with Crippen molar-refractivity contribution in [1.29, 1.82) is 0 Å². The summed E-state index contributed by atoms with van der Waals surface area (Å²) in [6.45, 7) is 0.998. The molecule has 1 heterocycles. The van der Waals surface area contributed by atoms with Gasteiger partial charge in [0.1, 0.15) is 18.3 Å². The van der Waals surface area contributed by atoms with Crippen LogP contribution in [0.5, 0.6) is 0 Å². The average Bonchev–Trinajstić information content (AvgIpc) is 2.11. The van der Waals surface area contributed by atoms with E-state index in [1.165, 1.54) is 0 Å². The summed E-state index contributed by atoms with van der Waals surface area (Å²) in [7, 11) is 0. The van der Waals surface area contributed by atoms with Crippen molar-refractivity contribution in [2.45, 2.75) is 37.1 Å². The molecule has 0 unspecified atom stereocenters. The number of aliphatic hydroxyl groups is 4. The normalized spacial score (nSPS) is 48.9. The highest BCUT2D eigenvalue weighted by Gasteiger charge is 2.55. The van der Waals surface area contributed by atoms with Crippen LogP contribution in [-0.2, 0) is 9.53 Å². The van der Waals surface area contributed by atoms with Gasteiger partial charge < -0.3 is 30.3 Å². The molecule has 5 atom stereocenters. The molecule has 14 heavy (non-hydrogen) atoms. The minimum Gasteiger partial charge on any atom is -0.479 e. The number of rotatable bonds is 1. The maximum absolute atomic E-state index is 10.7. The Morgan fingerprint density at radius 2 is 1.71 bits per heavy atom. The van der Waals surface area contributed by atoms with Crippen LogP contribution in [0.3, 0.4) is 0 Å². The van der Waals surface area contributed by atoms with E-state index in [4.69, 9.17) is 15.3 Å². The van der Waals surface area contributed by atoms with Gasteiger partial charge in [-0.05, 0) is 6.92 Å². The van der Waals surface area contributed by atoms with Gasteiger partial charge in [0.2, 0.25) is 0 Å². The van der Waals surface area contributed by atoms with Crippen molar-refractivity contribution in [3.05, 3.63) is 0 Å². The number of ether oxygens (including phenoxy) is 1. The predicted molar refractivity (Wildman–Crippen MR) is 41.2 cm³/mol. The minimum absolute atomic E-state index is 0.998. The molecule has 1 aliphatic heterocycles. The molecule has 0 aromatic carbocycles. The van der Waals surface area contributed by atoms with Gasteiger partial charge in [0.15, 0.2) is 11.9 Å². The van der Waals surface area contributed by atoms with Gasteiger partial charge in [-0.15, -0.1) is 0 Å². The van der Waals surface area contributed by atoms with E-state index in [0.717, 1.165) is 6.92 Å². The molecule has 0 amide bonds. The molecule has 1 rings (SSSR count). The summed E-state index contributed by atoms with van der Waals surface area (Å²) in [5.74, 6) is -1.53. The topological polar surface area (TPSA) is 127 Å². The van der Waals surface area contributed by atoms with E-state index in [0.29, 0.717) is 0 Å². The summed E-state index contributed by atoms with van der Waals surface area (Å²) in [5, 5.41) is 45.3. The van der Waals surface area contributed by atoms with Crippen molar-refractivity contribution in [1.82, 2.24) is 0 Å². The maximum Gasteiger partial charge on any atom is 0.338 e. The van der Waals surface area contributed by atoms with Crippen molar-refractivity contribution in [2.75, 3.05) is 0 Å². The molecule has 5 N–H and O–H groups in total. The molecule has 0 radical (unpaired) electrons. The van der Waals surface area contributed by atoms with Crippen LogP contribution >= 0.6 is 0 Å². The zero-order valence-corrected chi connectivity index (χ0v) is 7.36. The first-order valence-corrected chi connectivity index (χ1v) is 3.94. The number of carboxylic acid groups (broad SMARTS) is 1. The zero-order valence-electron chi connectivity index (χ0n) is 7.36. The third kappa shape index (κ3) is 1.49. The van der Waals surface area contributed by atoms with Gasteiger partial charge in [-0.25, -0.2) is 4.79 Å². The van der Waals surface area contributed by atoms with Crippen molar-refractivity contribution in [2.24, 2.45) is 0 Å². The smallest absolute Gasteiger partial charge is 0.338 e. The summed E-state index contributed by atoms with van der Waals surface area (Å²) in [6.07, 6.45) is -7.13. The molecule has 0 aromatic heterocycles. The van der Waals surface area contributed by atoms with Crippen LogP contribution < -0.4 is 0 Å². The van der Waals surface area contributed by atoms with E-state index in [2.05, 4.69) is 4.74 Å². The van der Waals surface area contributed by atoms with Gasteiger partial charge in [-0.3, -0.25) is 0 Å². The quantitative estimate of drug-likeness (QED) is 0.316. The lowest BCUT2D eigenvalue weighted by Gasteiger charge is -2.42. The largest absolute Gasteiger partial charge is 0.479 e. The molecule has 0 aliphatic carbocycles. The second-order valence-corrected chi connectivity index (χ2v) is 3.35. The second-order valence-electron chi connectivity index (χ2n) is 3.35. The molecule has 0 saturated carbocycles. The zero-order chi connectivity index (χ0) is 11.1. The summed E-state index contributed by atoms with van der Waals surface area (Å²) in [4.78, 5) is 10.7. The number of hydrogen-bond acceptors (Lipinski definition) is 6.